The van der Waals surface area contributed by atoms with E-state index in [0.29, 0.717) is 12.1 Å². The Morgan fingerprint density at radius 3 is 2.38 bits per heavy atom. The molecule has 1 rings (SSSR count). The summed E-state index contributed by atoms with van der Waals surface area (Å²) in [7, 11) is 1.32. The van der Waals surface area contributed by atoms with Gasteiger partial charge in [-0.25, -0.2) is 0 Å². The van der Waals surface area contributed by atoms with Gasteiger partial charge in [-0.1, -0.05) is 26.7 Å². The second-order valence-corrected chi connectivity index (χ2v) is 5.69. The van der Waals surface area contributed by atoms with Crippen molar-refractivity contribution in [1.29, 1.82) is 0 Å². The molecule has 132 valence electrons. The molecule has 0 N–H and O–H groups in total. The van der Waals surface area contributed by atoms with Crippen LogP contribution in [0.4, 0.5) is 5.69 Å². The number of non-ortho nitro benzene ring substituents is 1. The van der Waals surface area contributed by atoms with Gasteiger partial charge in [0, 0.05) is 30.8 Å². The Balaban J connectivity index is 2.88. The molecule has 1 aromatic rings. The summed E-state index contributed by atoms with van der Waals surface area (Å²) in [6, 6.07) is 5.49. The predicted octanol–water partition coefficient (Wildman–Crippen LogP) is 3.04. The van der Waals surface area contributed by atoms with Crippen molar-refractivity contribution in [3.63, 3.8) is 0 Å². The van der Waals surface area contributed by atoms with E-state index >= 15 is 0 Å². The molecule has 1 amide bonds. The molecule has 0 aliphatic carbocycles. The van der Waals surface area contributed by atoms with Crippen LogP contribution < -0.4 is 0 Å². The highest BCUT2D eigenvalue weighted by Gasteiger charge is 2.22. The van der Waals surface area contributed by atoms with E-state index in [2.05, 4.69) is 6.92 Å². The van der Waals surface area contributed by atoms with E-state index in [9.17, 15) is 19.7 Å². The van der Waals surface area contributed by atoms with Crippen LogP contribution in [0.2, 0.25) is 0 Å². The fraction of sp³-hybridized carbons (Fsp3) is 0.529. The van der Waals surface area contributed by atoms with Crippen molar-refractivity contribution in [2.45, 2.75) is 33.1 Å². The molecule has 0 saturated carbocycles. The highest BCUT2D eigenvalue weighted by atomic mass is 16.6. The summed E-state index contributed by atoms with van der Waals surface area (Å²) in [5.74, 6) is -1.04. The Morgan fingerprint density at radius 2 is 1.88 bits per heavy atom. The summed E-state index contributed by atoms with van der Waals surface area (Å²) in [5, 5.41) is 10.7. The number of unbranched alkanes of at least 4 members (excludes halogenated alkanes) is 2. The van der Waals surface area contributed by atoms with Gasteiger partial charge in [0.25, 0.3) is 11.6 Å². The smallest absolute Gasteiger partial charge is 0.310 e. The summed E-state index contributed by atoms with van der Waals surface area (Å²) in [6.07, 6.45) is 2.84. The molecule has 0 aromatic heterocycles. The van der Waals surface area contributed by atoms with E-state index in [1.54, 1.807) is 11.8 Å². The number of amides is 1. The molecule has 0 fully saturated rings. The second kappa shape index (κ2) is 9.64. The molecule has 0 radical (unpaired) electrons. The van der Waals surface area contributed by atoms with Crippen LogP contribution in [-0.4, -0.2) is 41.9 Å². The third kappa shape index (κ3) is 5.64. The normalized spacial score (nSPS) is 11.6. The molecule has 7 heteroatoms. The van der Waals surface area contributed by atoms with Crippen molar-refractivity contribution in [1.82, 2.24) is 4.90 Å². The van der Waals surface area contributed by atoms with Crippen LogP contribution in [0.3, 0.4) is 0 Å². The lowest BCUT2D eigenvalue weighted by Crippen LogP contribution is -2.38. The first-order valence-corrected chi connectivity index (χ1v) is 8.02. The lowest BCUT2D eigenvalue weighted by Gasteiger charge is -2.25. The summed E-state index contributed by atoms with van der Waals surface area (Å²) in [5.41, 5.74) is 0.307. The zero-order valence-electron chi connectivity index (χ0n) is 14.4. The highest BCUT2D eigenvalue weighted by Crippen LogP contribution is 2.15. The van der Waals surface area contributed by atoms with E-state index in [1.807, 2.05) is 0 Å². The molecule has 0 spiro atoms. The van der Waals surface area contributed by atoms with Crippen molar-refractivity contribution < 1.29 is 19.2 Å². The number of benzene rings is 1. The first-order valence-electron chi connectivity index (χ1n) is 8.02. The summed E-state index contributed by atoms with van der Waals surface area (Å²) >= 11 is 0. The molecular formula is C17H24N2O5. The van der Waals surface area contributed by atoms with Crippen LogP contribution in [0.5, 0.6) is 0 Å². The number of carbonyl (C=O) groups is 2. The van der Waals surface area contributed by atoms with Gasteiger partial charge in [0.2, 0.25) is 0 Å². The molecule has 1 atom stereocenters. The zero-order valence-corrected chi connectivity index (χ0v) is 14.4. The van der Waals surface area contributed by atoms with Gasteiger partial charge in [-0.3, -0.25) is 19.7 Å². The average molecular weight is 336 g/mol. The first kappa shape index (κ1) is 19.6. The third-order valence-electron chi connectivity index (χ3n) is 3.74. The first-order chi connectivity index (χ1) is 11.4. The second-order valence-electron chi connectivity index (χ2n) is 5.69. The van der Waals surface area contributed by atoms with E-state index in [0.717, 1.165) is 19.3 Å². The van der Waals surface area contributed by atoms with Crippen LogP contribution in [0, 0.1) is 16.0 Å². The average Bonchev–Trinajstić information content (AvgIpc) is 2.59. The zero-order chi connectivity index (χ0) is 18.1. The Morgan fingerprint density at radius 1 is 1.25 bits per heavy atom. The SMILES string of the molecule is CCCCCN(CC(C)C(=O)OC)C(=O)c1ccc([N+](=O)[O-])cc1. The minimum Gasteiger partial charge on any atom is -0.469 e. The predicted molar refractivity (Wildman–Crippen MR) is 89.7 cm³/mol. The standard InChI is InChI=1S/C17H24N2O5/c1-4-5-6-11-18(12-13(2)17(21)24-3)16(20)14-7-9-15(10-8-14)19(22)23/h7-10,13H,4-6,11-12H2,1-3H3. The summed E-state index contributed by atoms with van der Waals surface area (Å²) in [4.78, 5) is 36.1. The van der Waals surface area contributed by atoms with Crippen LogP contribution in [0.1, 0.15) is 43.5 Å². The van der Waals surface area contributed by atoms with E-state index in [1.165, 1.54) is 31.4 Å². The molecule has 1 unspecified atom stereocenters. The molecule has 0 aliphatic rings. The van der Waals surface area contributed by atoms with Gasteiger partial charge in [0.15, 0.2) is 0 Å². The molecule has 1 aromatic carbocycles. The molecule has 0 aliphatic heterocycles. The van der Waals surface area contributed by atoms with Gasteiger partial charge < -0.3 is 9.64 Å². The number of nitrogens with zero attached hydrogens (tertiary/aromatic N) is 2. The maximum Gasteiger partial charge on any atom is 0.310 e. The Bertz CT molecular complexity index is 571. The third-order valence-corrected chi connectivity index (χ3v) is 3.74. The van der Waals surface area contributed by atoms with Crippen molar-refractivity contribution in [3.8, 4) is 0 Å². The van der Waals surface area contributed by atoms with E-state index in [-0.39, 0.29) is 24.1 Å². The minimum absolute atomic E-state index is 0.0630. The summed E-state index contributed by atoms with van der Waals surface area (Å²) in [6.45, 7) is 4.57. The van der Waals surface area contributed by atoms with Crippen LogP contribution >= 0.6 is 0 Å². The maximum atomic E-state index is 12.7. The Labute approximate surface area is 141 Å². The number of rotatable bonds is 9. The summed E-state index contributed by atoms with van der Waals surface area (Å²) < 4.78 is 4.71. The monoisotopic (exact) mass is 336 g/mol. The quantitative estimate of drug-likeness (QED) is 0.299. The van der Waals surface area contributed by atoms with Crippen LogP contribution in [-0.2, 0) is 9.53 Å². The van der Waals surface area contributed by atoms with Gasteiger partial charge in [0.1, 0.15) is 0 Å². The number of ether oxygens (including phenoxy) is 1. The Hall–Kier alpha value is -2.44. The molecule has 0 bridgehead atoms. The molecular weight excluding hydrogens is 312 g/mol. The fourth-order valence-corrected chi connectivity index (χ4v) is 2.34. The highest BCUT2D eigenvalue weighted by molar-refractivity contribution is 5.94. The number of methoxy groups -OCH3 is 1. The van der Waals surface area contributed by atoms with E-state index in [4.69, 9.17) is 4.74 Å². The van der Waals surface area contributed by atoms with Gasteiger partial charge in [-0.2, -0.15) is 0 Å². The molecule has 24 heavy (non-hydrogen) atoms. The fourth-order valence-electron chi connectivity index (χ4n) is 2.34. The number of carbonyl (C=O) groups excluding carboxylic acids is 2. The van der Waals surface area contributed by atoms with E-state index < -0.39 is 10.8 Å². The molecule has 7 nitrogen and oxygen atoms in total. The number of nitro groups is 1. The van der Waals surface area contributed by atoms with Crippen LogP contribution in [0.15, 0.2) is 24.3 Å². The van der Waals surface area contributed by atoms with Gasteiger partial charge in [0.05, 0.1) is 18.0 Å². The van der Waals surface area contributed by atoms with Gasteiger partial charge >= 0.3 is 5.97 Å². The van der Waals surface area contributed by atoms with Crippen molar-refractivity contribution >= 4 is 17.6 Å². The lowest BCUT2D eigenvalue weighted by atomic mass is 10.1. The van der Waals surface area contributed by atoms with Gasteiger partial charge in [-0.05, 0) is 18.6 Å². The lowest BCUT2D eigenvalue weighted by molar-refractivity contribution is -0.384. The number of hydrogen-bond acceptors (Lipinski definition) is 5. The Kier molecular flexibility index (Phi) is 7.88. The number of hydrogen-bond donors (Lipinski definition) is 0. The largest absolute Gasteiger partial charge is 0.469 e. The minimum atomic E-state index is -0.507. The van der Waals surface area contributed by atoms with Crippen molar-refractivity contribution in [2.24, 2.45) is 5.92 Å². The van der Waals surface area contributed by atoms with Crippen molar-refractivity contribution in [3.05, 3.63) is 39.9 Å². The van der Waals surface area contributed by atoms with Crippen molar-refractivity contribution in [2.75, 3.05) is 20.2 Å². The number of esters is 1. The van der Waals surface area contributed by atoms with Crippen LogP contribution in [0.25, 0.3) is 0 Å². The molecule has 0 saturated heterocycles. The number of nitro benzene ring substituents is 1. The topological polar surface area (TPSA) is 89.8 Å². The maximum absolute atomic E-state index is 12.7. The molecule has 0 heterocycles. The van der Waals surface area contributed by atoms with Gasteiger partial charge in [-0.15, -0.1) is 0 Å².